The zero-order valence-corrected chi connectivity index (χ0v) is 10.7. The molecule has 4 nitrogen and oxygen atoms in total. The summed E-state index contributed by atoms with van der Waals surface area (Å²) in [6.45, 7) is 2.05. The van der Waals surface area contributed by atoms with E-state index in [-0.39, 0.29) is 17.5 Å². The van der Waals surface area contributed by atoms with Gasteiger partial charge >= 0.3 is 5.97 Å². The van der Waals surface area contributed by atoms with Gasteiger partial charge in [-0.1, -0.05) is 0 Å². The number of aryl methyl sites for hydroxylation is 1. The normalized spacial score (nSPS) is 10.1. The summed E-state index contributed by atoms with van der Waals surface area (Å²) in [4.78, 5) is 22.0. The molecule has 6 heteroatoms. The zero-order valence-electron chi connectivity index (χ0n) is 9.90. The van der Waals surface area contributed by atoms with Gasteiger partial charge in [0.2, 0.25) is 0 Å². The third-order valence-electron chi connectivity index (χ3n) is 2.19. The Hall–Kier alpha value is -1.56. The molecule has 0 atom stereocenters. The van der Waals surface area contributed by atoms with Crippen LogP contribution >= 0.6 is 11.8 Å². The number of carbonyl (C=O) groups excluding carboxylic acids is 1. The Labute approximate surface area is 109 Å². The highest BCUT2D eigenvalue weighted by molar-refractivity contribution is 7.99. The predicted molar refractivity (Wildman–Crippen MR) is 68.4 cm³/mol. The van der Waals surface area contributed by atoms with Crippen molar-refractivity contribution in [2.24, 2.45) is 0 Å². The number of rotatable bonds is 6. The molecule has 0 radical (unpaired) electrons. The van der Waals surface area contributed by atoms with Crippen molar-refractivity contribution in [3.63, 3.8) is 0 Å². The zero-order chi connectivity index (χ0) is 13.5. The molecular formula is C12H14FNO3S. The molecule has 0 bridgehead atoms. The fraction of sp³-hybridized carbons (Fsp3) is 0.333. The Morgan fingerprint density at radius 1 is 1.44 bits per heavy atom. The second kappa shape index (κ2) is 7.00. The summed E-state index contributed by atoms with van der Waals surface area (Å²) in [7, 11) is 0. The first-order chi connectivity index (χ1) is 8.50. The van der Waals surface area contributed by atoms with E-state index in [1.807, 2.05) is 0 Å². The molecule has 0 unspecified atom stereocenters. The molecule has 0 heterocycles. The molecule has 1 aromatic rings. The number of aliphatic carboxylic acids is 1. The summed E-state index contributed by atoms with van der Waals surface area (Å²) in [5, 5.41) is 11.1. The Bertz CT molecular complexity index is 451. The standard InChI is InChI=1S/C12H14FNO3S/c1-8-6-9(13)2-3-10(8)12(17)14-4-5-18-7-11(15)16/h2-3,6H,4-5,7H2,1H3,(H,14,17)(H,15,16). The second-order valence-corrected chi connectivity index (χ2v) is 4.77. The number of hydrogen-bond acceptors (Lipinski definition) is 3. The fourth-order valence-corrected chi connectivity index (χ4v) is 1.94. The van der Waals surface area contributed by atoms with Crippen LogP contribution < -0.4 is 5.32 Å². The number of carbonyl (C=O) groups is 2. The SMILES string of the molecule is Cc1cc(F)ccc1C(=O)NCCSCC(=O)O. The fourth-order valence-electron chi connectivity index (χ4n) is 1.37. The van der Waals surface area contributed by atoms with E-state index in [2.05, 4.69) is 5.32 Å². The van der Waals surface area contributed by atoms with Crippen molar-refractivity contribution in [2.75, 3.05) is 18.1 Å². The van der Waals surface area contributed by atoms with E-state index in [1.54, 1.807) is 6.92 Å². The van der Waals surface area contributed by atoms with E-state index >= 15 is 0 Å². The van der Waals surface area contributed by atoms with Gasteiger partial charge in [0.25, 0.3) is 5.91 Å². The molecule has 0 aromatic heterocycles. The molecule has 0 aliphatic rings. The van der Waals surface area contributed by atoms with Crippen molar-refractivity contribution in [1.29, 1.82) is 0 Å². The summed E-state index contributed by atoms with van der Waals surface area (Å²) in [5.41, 5.74) is 1.00. The number of benzene rings is 1. The largest absolute Gasteiger partial charge is 0.481 e. The molecule has 0 aliphatic carbocycles. The maximum atomic E-state index is 12.8. The molecule has 18 heavy (non-hydrogen) atoms. The summed E-state index contributed by atoms with van der Waals surface area (Å²) in [5.74, 6) is -0.978. The van der Waals surface area contributed by atoms with Crippen molar-refractivity contribution >= 4 is 23.6 Å². The van der Waals surface area contributed by atoms with Crippen molar-refractivity contribution in [3.05, 3.63) is 35.1 Å². The van der Waals surface area contributed by atoms with Gasteiger partial charge in [-0.3, -0.25) is 9.59 Å². The molecular weight excluding hydrogens is 257 g/mol. The third kappa shape index (κ3) is 4.75. The molecule has 0 saturated carbocycles. The van der Waals surface area contributed by atoms with Gasteiger partial charge in [0, 0.05) is 17.9 Å². The lowest BCUT2D eigenvalue weighted by molar-refractivity contribution is -0.133. The van der Waals surface area contributed by atoms with Crippen LogP contribution in [0.4, 0.5) is 4.39 Å². The number of carboxylic acid groups (broad SMARTS) is 1. The van der Waals surface area contributed by atoms with Gasteiger partial charge in [0.1, 0.15) is 5.82 Å². The van der Waals surface area contributed by atoms with E-state index in [0.717, 1.165) is 0 Å². The number of amides is 1. The summed E-state index contributed by atoms with van der Waals surface area (Å²) < 4.78 is 12.8. The maximum absolute atomic E-state index is 12.8. The van der Waals surface area contributed by atoms with Gasteiger partial charge < -0.3 is 10.4 Å². The predicted octanol–water partition coefficient (Wildman–Crippen LogP) is 1.68. The first-order valence-electron chi connectivity index (χ1n) is 5.34. The number of nitrogens with one attached hydrogen (secondary N) is 1. The Balaban J connectivity index is 2.39. The van der Waals surface area contributed by atoms with Crippen LogP contribution in [0, 0.1) is 12.7 Å². The van der Waals surface area contributed by atoms with E-state index in [1.165, 1.54) is 30.0 Å². The quantitative estimate of drug-likeness (QED) is 0.773. The number of carboxylic acids is 1. The lowest BCUT2D eigenvalue weighted by Gasteiger charge is -2.07. The molecule has 98 valence electrons. The summed E-state index contributed by atoms with van der Waals surface area (Å²) in [6.07, 6.45) is 0. The average molecular weight is 271 g/mol. The number of thioether (sulfide) groups is 1. The third-order valence-corrected chi connectivity index (χ3v) is 3.13. The van der Waals surface area contributed by atoms with Crippen LogP contribution in [0.1, 0.15) is 15.9 Å². The lowest BCUT2D eigenvalue weighted by Crippen LogP contribution is -2.26. The van der Waals surface area contributed by atoms with Crippen LogP contribution in [-0.4, -0.2) is 35.0 Å². The van der Waals surface area contributed by atoms with Crippen LogP contribution in [0.3, 0.4) is 0 Å². The molecule has 0 saturated heterocycles. The van der Waals surface area contributed by atoms with Gasteiger partial charge in [0.15, 0.2) is 0 Å². The van der Waals surface area contributed by atoms with Crippen LogP contribution in [0.2, 0.25) is 0 Å². The van der Waals surface area contributed by atoms with Gasteiger partial charge in [-0.05, 0) is 30.7 Å². The van der Waals surface area contributed by atoms with Crippen molar-refractivity contribution in [3.8, 4) is 0 Å². The molecule has 1 amide bonds. The highest BCUT2D eigenvalue weighted by atomic mass is 32.2. The Kier molecular flexibility index (Phi) is 5.64. The van der Waals surface area contributed by atoms with Gasteiger partial charge in [0.05, 0.1) is 5.75 Å². The minimum absolute atomic E-state index is 0.0193. The van der Waals surface area contributed by atoms with Gasteiger partial charge in [-0.2, -0.15) is 0 Å². The van der Waals surface area contributed by atoms with Crippen molar-refractivity contribution < 1.29 is 19.1 Å². The summed E-state index contributed by atoms with van der Waals surface area (Å²) in [6, 6.07) is 3.97. The smallest absolute Gasteiger partial charge is 0.313 e. The second-order valence-electron chi connectivity index (χ2n) is 3.66. The minimum atomic E-state index is -0.874. The highest BCUT2D eigenvalue weighted by Gasteiger charge is 2.08. The Morgan fingerprint density at radius 2 is 2.17 bits per heavy atom. The molecule has 1 rings (SSSR count). The Morgan fingerprint density at radius 3 is 2.78 bits per heavy atom. The van der Waals surface area contributed by atoms with Crippen molar-refractivity contribution in [2.45, 2.75) is 6.92 Å². The molecule has 1 aromatic carbocycles. The van der Waals surface area contributed by atoms with E-state index in [0.29, 0.717) is 23.4 Å². The average Bonchev–Trinajstić information content (AvgIpc) is 2.27. The van der Waals surface area contributed by atoms with Gasteiger partial charge in [-0.15, -0.1) is 11.8 Å². The maximum Gasteiger partial charge on any atom is 0.313 e. The first kappa shape index (κ1) is 14.5. The van der Waals surface area contributed by atoms with E-state index in [9.17, 15) is 14.0 Å². The number of hydrogen-bond donors (Lipinski definition) is 2. The minimum Gasteiger partial charge on any atom is -0.481 e. The van der Waals surface area contributed by atoms with Crippen LogP contribution in [0.15, 0.2) is 18.2 Å². The van der Waals surface area contributed by atoms with Gasteiger partial charge in [-0.25, -0.2) is 4.39 Å². The lowest BCUT2D eigenvalue weighted by atomic mass is 10.1. The molecule has 0 spiro atoms. The van der Waals surface area contributed by atoms with E-state index in [4.69, 9.17) is 5.11 Å². The first-order valence-corrected chi connectivity index (χ1v) is 6.50. The van der Waals surface area contributed by atoms with Crippen LogP contribution in [0.25, 0.3) is 0 Å². The van der Waals surface area contributed by atoms with E-state index < -0.39 is 5.97 Å². The topological polar surface area (TPSA) is 66.4 Å². The van der Waals surface area contributed by atoms with Crippen LogP contribution in [-0.2, 0) is 4.79 Å². The van der Waals surface area contributed by atoms with Crippen molar-refractivity contribution in [1.82, 2.24) is 5.32 Å². The molecule has 0 aliphatic heterocycles. The summed E-state index contributed by atoms with van der Waals surface area (Å²) >= 11 is 1.23. The monoisotopic (exact) mass is 271 g/mol. The molecule has 0 fully saturated rings. The molecule has 2 N–H and O–H groups in total. The number of halogens is 1. The van der Waals surface area contributed by atoms with Crippen LogP contribution in [0.5, 0.6) is 0 Å². The highest BCUT2D eigenvalue weighted by Crippen LogP contribution is 2.09.